The van der Waals surface area contributed by atoms with Gasteiger partial charge in [-0.1, -0.05) is 0 Å². The van der Waals surface area contributed by atoms with E-state index in [9.17, 15) is 0 Å². The van der Waals surface area contributed by atoms with Gasteiger partial charge in [-0.15, -0.1) is 0 Å². The van der Waals surface area contributed by atoms with E-state index in [1.165, 1.54) is 25.1 Å². The first kappa shape index (κ1) is 11.9. The number of thioether (sulfide) groups is 1. The molecule has 16 heavy (non-hydrogen) atoms. The normalized spacial score (nSPS) is 21.8. The first-order valence-electron chi connectivity index (χ1n) is 5.94. The highest BCUT2D eigenvalue weighted by Gasteiger charge is 2.25. The number of rotatable bonds is 5. The van der Waals surface area contributed by atoms with Crippen LogP contribution in [0.15, 0.2) is 6.33 Å². The molecule has 1 aliphatic heterocycles. The second-order valence-electron chi connectivity index (χ2n) is 4.21. The average molecular weight is 240 g/mol. The summed E-state index contributed by atoms with van der Waals surface area (Å²) in [4.78, 5) is 6.90. The molecule has 1 aromatic heterocycles. The van der Waals surface area contributed by atoms with Gasteiger partial charge in [-0.25, -0.2) is 9.67 Å². The van der Waals surface area contributed by atoms with Crippen LogP contribution in [-0.2, 0) is 13.1 Å². The van der Waals surface area contributed by atoms with E-state index >= 15 is 0 Å². The number of aromatic nitrogens is 3. The molecule has 2 rings (SSSR count). The summed E-state index contributed by atoms with van der Waals surface area (Å²) in [6.45, 7) is 5.19. The monoisotopic (exact) mass is 240 g/mol. The van der Waals surface area contributed by atoms with E-state index in [1.54, 1.807) is 6.33 Å². The third kappa shape index (κ3) is 2.58. The predicted octanol–water partition coefficient (Wildman–Crippen LogP) is 1.63. The maximum Gasteiger partial charge on any atom is 0.141 e. The smallest absolute Gasteiger partial charge is 0.141 e. The molecule has 0 N–H and O–H groups in total. The second-order valence-corrected chi connectivity index (χ2v) is 5.12. The fourth-order valence-corrected chi connectivity index (χ4v) is 3.10. The van der Waals surface area contributed by atoms with Gasteiger partial charge in [0.05, 0.1) is 6.54 Å². The summed E-state index contributed by atoms with van der Waals surface area (Å²) in [7, 11) is 0. The van der Waals surface area contributed by atoms with Gasteiger partial charge < -0.3 is 0 Å². The van der Waals surface area contributed by atoms with E-state index in [4.69, 9.17) is 0 Å². The minimum Gasteiger partial charge on any atom is -0.292 e. The highest BCUT2D eigenvalue weighted by molar-refractivity contribution is 7.98. The van der Waals surface area contributed by atoms with Gasteiger partial charge >= 0.3 is 0 Å². The maximum absolute atomic E-state index is 4.35. The van der Waals surface area contributed by atoms with E-state index in [1.807, 2.05) is 16.4 Å². The molecule has 0 aromatic carbocycles. The molecule has 1 aliphatic rings. The van der Waals surface area contributed by atoms with Crippen molar-refractivity contribution in [3.05, 3.63) is 12.2 Å². The number of nitrogens with zero attached hydrogens (tertiary/aromatic N) is 4. The lowest BCUT2D eigenvalue weighted by atomic mass is 10.2. The molecule has 1 saturated heterocycles. The van der Waals surface area contributed by atoms with Crippen LogP contribution in [-0.4, -0.2) is 44.3 Å². The van der Waals surface area contributed by atoms with Crippen LogP contribution in [0.4, 0.5) is 0 Å². The minimum absolute atomic E-state index is 0.733. The van der Waals surface area contributed by atoms with Crippen LogP contribution in [0, 0.1) is 0 Å². The summed E-state index contributed by atoms with van der Waals surface area (Å²) in [5, 5.41) is 4.22. The highest BCUT2D eigenvalue weighted by atomic mass is 32.2. The molecule has 0 radical (unpaired) electrons. The second kappa shape index (κ2) is 5.68. The Balaban J connectivity index is 1.98. The van der Waals surface area contributed by atoms with Crippen LogP contribution >= 0.6 is 11.8 Å². The largest absolute Gasteiger partial charge is 0.292 e. The zero-order valence-electron chi connectivity index (χ0n) is 10.1. The molecule has 1 atom stereocenters. The molecule has 4 nitrogen and oxygen atoms in total. The highest BCUT2D eigenvalue weighted by Crippen LogP contribution is 2.21. The maximum atomic E-state index is 4.35. The Morgan fingerprint density at radius 2 is 2.44 bits per heavy atom. The Labute approximate surface area is 101 Å². The summed E-state index contributed by atoms with van der Waals surface area (Å²) in [5.41, 5.74) is 0. The SMILES string of the molecule is CCn1ncnc1CN1CCC[C@H]1CSC. The fraction of sp³-hybridized carbons (Fsp3) is 0.818. The molecule has 0 amide bonds. The van der Waals surface area contributed by atoms with Gasteiger partial charge in [0, 0.05) is 18.3 Å². The zero-order valence-corrected chi connectivity index (χ0v) is 10.9. The van der Waals surface area contributed by atoms with E-state index in [0.29, 0.717) is 0 Å². The Hall–Kier alpha value is -0.550. The van der Waals surface area contributed by atoms with Crippen molar-refractivity contribution >= 4 is 11.8 Å². The van der Waals surface area contributed by atoms with Crippen molar-refractivity contribution in [1.29, 1.82) is 0 Å². The molecule has 1 aromatic rings. The minimum atomic E-state index is 0.733. The Bertz CT molecular complexity index is 326. The molecule has 0 saturated carbocycles. The van der Waals surface area contributed by atoms with Crippen LogP contribution in [0.5, 0.6) is 0 Å². The van der Waals surface area contributed by atoms with E-state index in [0.717, 1.165) is 25.0 Å². The molecular formula is C11H20N4S. The van der Waals surface area contributed by atoms with Crippen molar-refractivity contribution in [1.82, 2.24) is 19.7 Å². The van der Waals surface area contributed by atoms with Gasteiger partial charge in [-0.2, -0.15) is 16.9 Å². The van der Waals surface area contributed by atoms with Crippen molar-refractivity contribution < 1.29 is 0 Å². The third-order valence-corrected chi connectivity index (χ3v) is 3.92. The van der Waals surface area contributed by atoms with E-state index in [-0.39, 0.29) is 0 Å². The molecule has 90 valence electrons. The topological polar surface area (TPSA) is 34.0 Å². The lowest BCUT2D eigenvalue weighted by Gasteiger charge is -2.23. The lowest BCUT2D eigenvalue weighted by Crippen LogP contribution is -2.31. The number of hydrogen-bond donors (Lipinski definition) is 0. The quantitative estimate of drug-likeness (QED) is 0.783. The molecule has 2 heterocycles. The van der Waals surface area contributed by atoms with Gasteiger partial charge in [0.25, 0.3) is 0 Å². The lowest BCUT2D eigenvalue weighted by molar-refractivity contribution is 0.252. The number of likely N-dealkylation sites (tertiary alicyclic amines) is 1. The number of hydrogen-bond acceptors (Lipinski definition) is 4. The van der Waals surface area contributed by atoms with Crippen molar-refractivity contribution in [3.63, 3.8) is 0 Å². The van der Waals surface area contributed by atoms with Crippen molar-refractivity contribution in [3.8, 4) is 0 Å². The molecule has 0 spiro atoms. The standard InChI is InChI=1S/C11H20N4S/c1-3-15-11(12-9-13-15)7-14-6-4-5-10(14)8-16-2/h9-10H,3-8H2,1-2H3/t10-/m0/s1. The average Bonchev–Trinajstić information content (AvgIpc) is 2.89. The summed E-state index contributed by atoms with van der Waals surface area (Å²) < 4.78 is 1.99. The van der Waals surface area contributed by atoms with Crippen molar-refractivity contribution in [2.75, 3.05) is 18.6 Å². The summed E-state index contributed by atoms with van der Waals surface area (Å²) in [6, 6.07) is 0.733. The fourth-order valence-electron chi connectivity index (χ4n) is 2.34. The van der Waals surface area contributed by atoms with Crippen LogP contribution in [0.3, 0.4) is 0 Å². The van der Waals surface area contributed by atoms with E-state index < -0.39 is 0 Å². The first-order valence-corrected chi connectivity index (χ1v) is 7.34. The van der Waals surface area contributed by atoms with Crippen LogP contribution in [0.1, 0.15) is 25.6 Å². The van der Waals surface area contributed by atoms with Crippen LogP contribution in [0.25, 0.3) is 0 Å². The van der Waals surface area contributed by atoms with E-state index in [2.05, 4.69) is 28.2 Å². The summed E-state index contributed by atoms with van der Waals surface area (Å²) >= 11 is 1.94. The Morgan fingerprint density at radius 1 is 1.56 bits per heavy atom. The number of aryl methyl sites for hydroxylation is 1. The van der Waals surface area contributed by atoms with Crippen molar-refractivity contribution in [2.45, 2.75) is 38.9 Å². The zero-order chi connectivity index (χ0) is 11.4. The van der Waals surface area contributed by atoms with Crippen molar-refractivity contribution in [2.24, 2.45) is 0 Å². The summed E-state index contributed by atoms with van der Waals surface area (Å²) in [5.74, 6) is 2.34. The third-order valence-electron chi connectivity index (χ3n) is 3.20. The van der Waals surface area contributed by atoms with Gasteiger partial charge in [-0.05, 0) is 32.6 Å². The predicted molar refractivity (Wildman–Crippen MR) is 67.5 cm³/mol. The molecular weight excluding hydrogens is 220 g/mol. The van der Waals surface area contributed by atoms with Gasteiger partial charge in [0.2, 0.25) is 0 Å². The molecule has 0 aliphatic carbocycles. The molecule has 5 heteroatoms. The van der Waals surface area contributed by atoms with Gasteiger partial charge in [-0.3, -0.25) is 4.90 Å². The van der Waals surface area contributed by atoms with Gasteiger partial charge in [0.15, 0.2) is 0 Å². The van der Waals surface area contributed by atoms with Crippen LogP contribution < -0.4 is 0 Å². The molecule has 1 fully saturated rings. The first-order chi connectivity index (χ1) is 7.85. The molecule has 0 bridgehead atoms. The van der Waals surface area contributed by atoms with Crippen LogP contribution in [0.2, 0.25) is 0 Å². The van der Waals surface area contributed by atoms with Gasteiger partial charge in [0.1, 0.15) is 12.2 Å². The molecule has 0 unspecified atom stereocenters. The summed E-state index contributed by atoms with van der Waals surface area (Å²) in [6.07, 6.45) is 6.51. The Morgan fingerprint density at radius 3 is 3.19 bits per heavy atom. The Kier molecular flexibility index (Phi) is 4.23.